The summed E-state index contributed by atoms with van der Waals surface area (Å²) in [4.78, 5) is 12.4. The van der Waals surface area contributed by atoms with E-state index in [0.29, 0.717) is 47.4 Å². The molecule has 0 atom stereocenters. The Labute approximate surface area is 229 Å². The van der Waals surface area contributed by atoms with E-state index in [2.05, 4.69) is 27.6 Å². The summed E-state index contributed by atoms with van der Waals surface area (Å²) < 4.78 is 12.7. The number of ether oxygens (including phenoxy) is 2. The van der Waals surface area contributed by atoms with Crippen molar-refractivity contribution >= 4 is 40.9 Å². The Bertz CT molecular complexity index is 1400. The molecule has 4 aromatic rings. The maximum absolute atomic E-state index is 12.4. The molecule has 1 aliphatic heterocycles. The summed E-state index contributed by atoms with van der Waals surface area (Å²) in [5.74, 6) is 2.94. The Balaban J connectivity index is 1.19. The van der Waals surface area contributed by atoms with Crippen LogP contribution in [-0.4, -0.2) is 33.2 Å². The standard InChI is InChI=1S/C27H24Cl2N4O3S/c28-21-10-9-20(15-22(21)29)33-25(14-18-5-2-1-3-6-18)31-32-27(33)37-12-4-7-26(34)30-16-19-8-11-23-24(13-19)36-17-35-23/h1-3,5-6,8-11,13,15H,4,7,12,14,16-17H2,(H,30,34). The van der Waals surface area contributed by atoms with Crippen LogP contribution in [0.2, 0.25) is 10.0 Å². The molecule has 7 nitrogen and oxygen atoms in total. The van der Waals surface area contributed by atoms with Crippen LogP contribution in [0.15, 0.2) is 71.9 Å². The average Bonchev–Trinajstić information content (AvgIpc) is 3.54. The van der Waals surface area contributed by atoms with Crippen LogP contribution >= 0.6 is 35.0 Å². The Kier molecular flexibility index (Phi) is 8.18. The van der Waals surface area contributed by atoms with E-state index in [4.69, 9.17) is 32.7 Å². The highest BCUT2D eigenvalue weighted by molar-refractivity contribution is 7.99. The third-order valence-corrected chi connectivity index (χ3v) is 7.53. The summed E-state index contributed by atoms with van der Waals surface area (Å²) in [6.07, 6.45) is 1.73. The van der Waals surface area contributed by atoms with E-state index in [9.17, 15) is 4.79 Å². The van der Waals surface area contributed by atoms with Gasteiger partial charge >= 0.3 is 0 Å². The number of hydrogen-bond donors (Lipinski definition) is 1. The summed E-state index contributed by atoms with van der Waals surface area (Å²) in [5.41, 5.74) is 2.94. The molecule has 0 fully saturated rings. The molecule has 1 aromatic heterocycles. The smallest absolute Gasteiger partial charge is 0.231 e. The number of rotatable bonds is 10. The molecule has 0 saturated heterocycles. The van der Waals surface area contributed by atoms with Gasteiger partial charge in [0.2, 0.25) is 12.7 Å². The molecule has 0 unspecified atom stereocenters. The van der Waals surface area contributed by atoms with Crippen LogP contribution < -0.4 is 14.8 Å². The molecule has 0 bridgehead atoms. The topological polar surface area (TPSA) is 78.3 Å². The van der Waals surface area contributed by atoms with Gasteiger partial charge in [-0.2, -0.15) is 0 Å². The Hall–Kier alpha value is -3.20. The highest BCUT2D eigenvalue weighted by atomic mass is 35.5. The zero-order valence-corrected chi connectivity index (χ0v) is 22.2. The fraction of sp³-hybridized carbons (Fsp3) is 0.222. The molecule has 10 heteroatoms. The summed E-state index contributed by atoms with van der Waals surface area (Å²) in [5, 5.41) is 13.6. The Morgan fingerprint density at radius 3 is 2.62 bits per heavy atom. The number of carbonyl (C=O) groups excluding carboxylic acids is 1. The van der Waals surface area contributed by atoms with Crippen molar-refractivity contribution < 1.29 is 14.3 Å². The monoisotopic (exact) mass is 554 g/mol. The number of hydrogen-bond acceptors (Lipinski definition) is 6. The average molecular weight is 555 g/mol. The van der Waals surface area contributed by atoms with Gasteiger partial charge in [0.25, 0.3) is 0 Å². The molecule has 0 aliphatic carbocycles. The van der Waals surface area contributed by atoms with E-state index >= 15 is 0 Å². The van der Waals surface area contributed by atoms with E-state index in [1.807, 2.05) is 53.1 Å². The normalized spacial score (nSPS) is 12.1. The third kappa shape index (κ3) is 6.39. The van der Waals surface area contributed by atoms with Crippen molar-refractivity contribution in [2.75, 3.05) is 12.5 Å². The number of nitrogens with one attached hydrogen (secondary N) is 1. The third-order valence-electron chi connectivity index (χ3n) is 5.77. The molecule has 3 aromatic carbocycles. The minimum atomic E-state index is -0.00557. The Morgan fingerprint density at radius 1 is 0.946 bits per heavy atom. The van der Waals surface area contributed by atoms with Gasteiger partial charge in [-0.1, -0.05) is 71.4 Å². The van der Waals surface area contributed by atoms with Gasteiger partial charge < -0.3 is 14.8 Å². The van der Waals surface area contributed by atoms with Crippen LogP contribution in [0.25, 0.3) is 5.69 Å². The van der Waals surface area contributed by atoms with Gasteiger partial charge in [-0.25, -0.2) is 0 Å². The van der Waals surface area contributed by atoms with Gasteiger partial charge in [0.15, 0.2) is 16.7 Å². The van der Waals surface area contributed by atoms with Crippen molar-refractivity contribution in [3.63, 3.8) is 0 Å². The lowest BCUT2D eigenvalue weighted by atomic mass is 10.1. The van der Waals surface area contributed by atoms with Gasteiger partial charge in [-0.3, -0.25) is 9.36 Å². The van der Waals surface area contributed by atoms with Crippen molar-refractivity contribution in [1.82, 2.24) is 20.1 Å². The molecule has 1 amide bonds. The minimum Gasteiger partial charge on any atom is -0.454 e. The maximum atomic E-state index is 12.4. The number of benzene rings is 3. The van der Waals surface area contributed by atoms with Crippen LogP contribution in [0.5, 0.6) is 11.5 Å². The first-order chi connectivity index (χ1) is 18.1. The lowest BCUT2D eigenvalue weighted by Gasteiger charge is -2.11. The first kappa shape index (κ1) is 25.4. The SMILES string of the molecule is O=C(CCCSc1nnc(Cc2ccccc2)n1-c1ccc(Cl)c(Cl)c1)NCc1ccc2c(c1)OCO2. The molecule has 5 rings (SSSR count). The van der Waals surface area contributed by atoms with Crippen LogP contribution in [0.1, 0.15) is 29.8 Å². The number of carbonyl (C=O) groups is 1. The lowest BCUT2D eigenvalue weighted by Crippen LogP contribution is -2.22. The molecule has 0 saturated carbocycles. The Morgan fingerprint density at radius 2 is 1.78 bits per heavy atom. The molecule has 1 N–H and O–H groups in total. The number of halogens is 2. The summed E-state index contributed by atoms with van der Waals surface area (Å²) in [7, 11) is 0. The van der Waals surface area contributed by atoms with E-state index < -0.39 is 0 Å². The minimum absolute atomic E-state index is 0.00557. The molecule has 2 heterocycles. The second-order valence-corrected chi connectivity index (χ2v) is 10.3. The second kappa shape index (κ2) is 11.9. The van der Waals surface area contributed by atoms with Crippen molar-refractivity contribution in [2.45, 2.75) is 31.0 Å². The van der Waals surface area contributed by atoms with Gasteiger partial charge in [-0.15, -0.1) is 10.2 Å². The molecular weight excluding hydrogens is 531 g/mol. The number of nitrogens with zero attached hydrogens (tertiary/aromatic N) is 3. The highest BCUT2D eigenvalue weighted by Gasteiger charge is 2.17. The van der Waals surface area contributed by atoms with Crippen molar-refractivity contribution in [3.8, 4) is 17.2 Å². The fourth-order valence-corrected chi connectivity index (χ4v) is 5.11. The number of aromatic nitrogens is 3. The molecule has 37 heavy (non-hydrogen) atoms. The molecule has 190 valence electrons. The van der Waals surface area contributed by atoms with Crippen molar-refractivity contribution in [2.24, 2.45) is 0 Å². The number of fused-ring (bicyclic) bond motifs is 1. The van der Waals surface area contributed by atoms with Gasteiger partial charge in [0.05, 0.1) is 15.7 Å². The van der Waals surface area contributed by atoms with E-state index in [-0.39, 0.29) is 12.7 Å². The van der Waals surface area contributed by atoms with Gasteiger partial charge in [0.1, 0.15) is 5.82 Å². The van der Waals surface area contributed by atoms with Gasteiger partial charge in [0, 0.05) is 25.1 Å². The molecule has 0 spiro atoms. The summed E-state index contributed by atoms with van der Waals surface area (Å²) >= 11 is 14.0. The van der Waals surface area contributed by atoms with Crippen LogP contribution in [0.4, 0.5) is 0 Å². The number of thioether (sulfide) groups is 1. The predicted octanol–water partition coefficient (Wildman–Crippen LogP) is 6.08. The zero-order valence-electron chi connectivity index (χ0n) is 19.8. The van der Waals surface area contributed by atoms with Gasteiger partial charge in [-0.05, 0) is 47.9 Å². The maximum Gasteiger partial charge on any atom is 0.231 e. The predicted molar refractivity (Wildman–Crippen MR) is 145 cm³/mol. The summed E-state index contributed by atoms with van der Waals surface area (Å²) in [6.45, 7) is 0.673. The highest BCUT2D eigenvalue weighted by Crippen LogP contribution is 2.32. The fourth-order valence-electron chi connectivity index (χ4n) is 3.91. The van der Waals surface area contributed by atoms with Crippen LogP contribution in [0.3, 0.4) is 0 Å². The number of amides is 1. The molecule has 0 radical (unpaired) electrons. The molecule has 1 aliphatic rings. The molecular formula is C27H24Cl2N4O3S. The van der Waals surface area contributed by atoms with Crippen LogP contribution in [-0.2, 0) is 17.8 Å². The van der Waals surface area contributed by atoms with Crippen molar-refractivity contribution in [3.05, 3.63) is 93.7 Å². The first-order valence-corrected chi connectivity index (χ1v) is 13.5. The lowest BCUT2D eigenvalue weighted by molar-refractivity contribution is -0.121. The van der Waals surface area contributed by atoms with Crippen LogP contribution in [0, 0.1) is 0 Å². The summed E-state index contributed by atoms with van der Waals surface area (Å²) in [6, 6.07) is 21.3. The van der Waals surface area contributed by atoms with E-state index in [1.54, 1.807) is 17.8 Å². The van der Waals surface area contributed by atoms with E-state index in [0.717, 1.165) is 33.5 Å². The quantitative estimate of drug-likeness (QED) is 0.189. The second-order valence-electron chi connectivity index (χ2n) is 8.41. The van der Waals surface area contributed by atoms with E-state index in [1.165, 1.54) is 0 Å². The first-order valence-electron chi connectivity index (χ1n) is 11.8. The zero-order chi connectivity index (χ0) is 25.6. The largest absolute Gasteiger partial charge is 0.454 e. The van der Waals surface area contributed by atoms with Crippen molar-refractivity contribution in [1.29, 1.82) is 0 Å².